The zero-order chi connectivity index (χ0) is 10.5. The highest BCUT2D eigenvalue weighted by molar-refractivity contribution is 5.44. The van der Waals surface area contributed by atoms with Crippen LogP contribution >= 0.6 is 0 Å². The molecule has 0 fully saturated rings. The summed E-state index contributed by atoms with van der Waals surface area (Å²) in [6.45, 7) is 1.90. The third-order valence-electron chi connectivity index (χ3n) is 2.86. The topological polar surface area (TPSA) is 0 Å². The average molecular weight is 198 g/mol. The van der Waals surface area contributed by atoms with Gasteiger partial charge in [-0.2, -0.15) is 0 Å². The molecule has 0 bridgehead atoms. The standard InChI is InChI=1S/C15H16.H2/c1-2-6-13-9-11-15(12-10-13)14-7-4-3-5-8-14;/h3-4,7,9,11H,5,8,10,12H2,1H3;1H. The normalized spacial score (nSPS) is 19.7. The van der Waals surface area contributed by atoms with Crippen LogP contribution in [0.2, 0.25) is 0 Å². The van der Waals surface area contributed by atoms with Gasteiger partial charge in [-0.15, -0.1) is 5.92 Å². The van der Waals surface area contributed by atoms with Crippen molar-refractivity contribution in [2.45, 2.75) is 32.6 Å². The lowest BCUT2D eigenvalue weighted by Gasteiger charge is -2.16. The Morgan fingerprint density at radius 2 is 1.93 bits per heavy atom. The van der Waals surface area contributed by atoms with Crippen molar-refractivity contribution in [2.75, 3.05) is 0 Å². The smallest absolute Gasteiger partial charge is 0.00235 e. The van der Waals surface area contributed by atoms with Gasteiger partial charge in [-0.1, -0.05) is 36.3 Å². The van der Waals surface area contributed by atoms with E-state index in [0.29, 0.717) is 0 Å². The molecule has 0 atom stereocenters. The van der Waals surface area contributed by atoms with Crippen LogP contribution in [0.25, 0.3) is 0 Å². The number of hydrogen-bond acceptors (Lipinski definition) is 0. The first-order valence-corrected chi connectivity index (χ1v) is 5.58. The van der Waals surface area contributed by atoms with Gasteiger partial charge in [0, 0.05) is 7.00 Å². The van der Waals surface area contributed by atoms with Gasteiger partial charge in [0.15, 0.2) is 0 Å². The molecule has 0 spiro atoms. The zero-order valence-electron chi connectivity index (χ0n) is 9.22. The van der Waals surface area contributed by atoms with E-state index in [-0.39, 0.29) is 1.43 Å². The molecule has 78 valence electrons. The van der Waals surface area contributed by atoms with Crippen molar-refractivity contribution < 1.29 is 1.43 Å². The van der Waals surface area contributed by atoms with Gasteiger partial charge in [0.2, 0.25) is 0 Å². The van der Waals surface area contributed by atoms with E-state index in [4.69, 9.17) is 0 Å². The SMILES string of the molecule is CC#CC1=CC=C(C2=CC=CCC2)CC1.[HH]. The molecule has 0 saturated heterocycles. The third kappa shape index (κ3) is 2.50. The molecule has 0 amide bonds. The van der Waals surface area contributed by atoms with Crippen LogP contribution in [-0.4, -0.2) is 0 Å². The Balaban J connectivity index is 0.00000128. The largest absolute Gasteiger partial charge is 0.102 e. The molecular formula is C15H18. The van der Waals surface area contributed by atoms with E-state index in [0.717, 1.165) is 12.8 Å². The molecular weight excluding hydrogens is 180 g/mol. The number of rotatable bonds is 1. The molecule has 2 rings (SSSR count). The van der Waals surface area contributed by atoms with E-state index in [2.05, 4.69) is 42.2 Å². The lowest BCUT2D eigenvalue weighted by Crippen LogP contribution is -1.97. The number of hydrogen-bond donors (Lipinski definition) is 0. The monoisotopic (exact) mass is 198 g/mol. The first-order chi connectivity index (χ1) is 7.40. The van der Waals surface area contributed by atoms with Crippen LogP contribution in [-0.2, 0) is 0 Å². The quantitative estimate of drug-likeness (QED) is 0.554. The zero-order valence-corrected chi connectivity index (χ0v) is 9.22. The van der Waals surface area contributed by atoms with Crippen molar-refractivity contribution in [3.05, 3.63) is 47.1 Å². The van der Waals surface area contributed by atoms with Crippen molar-refractivity contribution in [3.8, 4) is 11.8 Å². The van der Waals surface area contributed by atoms with E-state index >= 15 is 0 Å². The van der Waals surface area contributed by atoms with E-state index in [1.807, 2.05) is 6.92 Å². The molecule has 0 nitrogen and oxygen atoms in total. The molecule has 0 aliphatic heterocycles. The maximum Gasteiger partial charge on any atom is 0.00235 e. The van der Waals surface area contributed by atoms with Gasteiger partial charge in [-0.05, 0) is 43.8 Å². The summed E-state index contributed by atoms with van der Waals surface area (Å²) in [7, 11) is 0. The molecule has 2 aliphatic carbocycles. The van der Waals surface area contributed by atoms with E-state index in [9.17, 15) is 0 Å². The minimum atomic E-state index is 0. The first kappa shape index (κ1) is 10.1. The van der Waals surface area contributed by atoms with Crippen molar-refractivity contribution in [2.24, 2.45) is 0 Å². The van der Waals surface area contributed by atoms with E-state index in [1.165, 1.54) is 29.6 Å². The molecule has 0 aromatic carbocycles. The van der Waals surface area contributed by atoms with Gasteiger partial charge in [-0.3, -0.25) is 0 Å². The summed E-state index contributed by atoms with van der Waals surface area (Å²) >= 11 is 0. The third-order valence-corrected chi connectivity index (χ3v) is 2.86. The molecule has 0 N–H and O–H groups in total. The molecule has 15 heavy (non-hydrogen) atoms. The highest BCUT2D eigenvalue weighted by Crippen LogP contribution is 2.28. The van der Waals surface area contributed by atoms with Crippen LogP contribution in [0.3, 0.4) is 0 Å². The van der Waals surface area contributed by atoms with Gasteiger partial charge in [0.05, 0.1) is 0 Å². The number of allylic oxidation sites excluding steroid dienone is 8. The van der Waals surface area contributed by atoms with Gasteiger partial charge in [-0.25, -0.2) is 0 Å². The summed E-state index contributed by atoms with van der Waals surface area (Å²) < 4.78 is 0. The summed E-state index contributed by atoms with van der Waals surface area (Å²) in [5.41, 5.74) is 4.28. The van der Waals surface area contributed by atoms with Crippen LogP contribution in [0.15, 0.2) is 47.1 Å². The van der Waals surface area contributed by atoms with Crippen molar-refractivity contribution in [1.29, 1.82) is 0 Å². The maximum atomic E-state index is 3.14. The van der Waals surface area contributed by atoms with Crippen molar-refractivity contribution in [1.82, 2.24) is 0 Å². The van der Waals surface area contributed by atoms with Gasteiger partial charge in [0.25, 0.3) is 0 Å². The fourth-order valence-corrected chi connectivity index (χ4v) is 2.04. The summed E-state index contributed by atoms with van der Waals surface area (Å²) in [5, 5.41) is 0. The molecule has 0 aromatic rings. The summed E-state index contributed by atoms with van der Waals surface area (Å²) in [6, 6.07) is 0. The van der Waals surface area contributed by atoms with E-state index < -0.39 is 0 Å². The molecule has 0 radical (unpaired) electrons. The van der Waals surface area contributed by atoms with Crippen LogP contribution in [0, 0.1) is 11.8 Å². The Morgan fingerprint density at radius 1 is 1.07 bits per heavy atom. The Bertz CT molecular complexity index is 422. The fraction of sp³-hybridized carbons (Fsp3) is 0.333. The van der Waals surface area contributed by atoms with Gasteiger partial charge in [0.1, 0.15) is 0 Å². The van der Waals surface area contributed by atoms with Crippen LogP contribution < -0.4 is 0 Å². The van der Waals surface area contributed by atoms with Crippen molar-refractivity contribution in [3.63, 3.8) is 0 Å². The van der Waals surface area contributed by atoms with E-state index in [1.54, 1.807) is 0 Å². The fourth-order valence-electron chi connectivity index (χ4n) is 2.04. The second-order valence-corrected chi connectivity index (χ2v) is 3.92. The van der Waals surface area contributed by atoms with Gasteiger partial charge < -0.3 is 0 Å². The average Bonchev–Trinajstić information content (AvgIpc) is 2.32. The first-order valence-electron chi connectivity index (χ1n) is 5.58. The highest BCUT2D eigenvalue weighted by Gasteiger charge is 2.09. The minimum Gasteiger partial charge on any atom is -0.102 e. The lowest BCUT2D eigenvalue weighted by atomic mass is 9.89. The minimum absolute atomic E-state index is 0. The molecule has 2 aliphatic rings. The Hall–Kier alpha value is -1.48. The predicted molar refractivity (Wildman–Crippen MR) is 67.4 cm³/mol. The lowest BCUT2D eigenvalue weighted by molar-refractivity contribution is 0.885. The second kappa shape index (κ2) is 4.84. The Morgan fingerprint density at radius 3 is 2.53 bits per heavy atom. The Labute approximate surface area is 93.6 Å². The second-order valence-electron chi connectivity index (χ2n) is 3.92. The van der Waals surface area contributed by atoms with Crippen LogP contribution in [0.5, 0.6) is 0 Å². The molecule has 0 aromatic heterocycles. The molecule has 0 unspecified atom stereocenters. The summed E-state index contributed by atoms with van der Waals surface area (Å²) in [6.07, 6.45) is 15.7. The molecule has 0 saturated carbocycles. The van der Waals surface area contributed by atoms with Crippen LogP contribution in [0.4, 0.5) is 0 Å². The van der Waals surface area contributed by atoms with Gasteiger partial charge >= 0.3 is 0 Å². The summed E-state index contributed by atoms with van der Waals surface area (Å²) in [4.78, 5) is 0. The Kier molecular flexibility index (Phi) is 3.25. The van der Waals surface area contributed by atoms with Crippen molar-refractivity contribution >= 4 is 0 Å². The predicted octanol–water partition coefficient (Wildman–Crippen LogP) is 4.18. The summed E-state index contributed by atoms with van der Waals surface area (Å²) in [5.74, 6) is 6.10. The maximum absolute atomic E-state index is 3.14. The molecule has 0 heterocycles. The molecule has 0 heteroatoms. The highest BCUT2D eigenvalue weighted by atomic mass is 14.1. The van der Waals surface area contributed by atoms with Crippen LogP contribution in [0.1, 0.15) is 34.0 Å².